The summed E-state index contributed by atoms with van der Waals surface area (Å²) in [6, 6.07) is 12.8. The van der Waals surface area contributed by atoms with Crippen molar-refractivity contribution in [3.63, 3.8) is 0 Å². The van der Waals surface area contributed by atoms with E-state index in [9.17, 15) is 9.59 Å². The number of fused-ring (bicyclic) bond motifs is 2. The number of hydrogen-bond donors (Lipinski definition) is 1. The van der Waals surface area contributed by atoms with Crippen LogP contribution in [-0.2, 0) is 11.2 Å². The molecule has 2 aromatic carbocycles. The molecule has 0 saturated carbocycles. The van der Waals surface area contributed by atoms with Gasteiger partial charge in [0.15, 0.2) is 5.78 Å². The predicted octanol–water partition coefficient (Wildman–Crippen LogP) is 3.49. The maximum Gasteiger partial charge on any atom is 0.222 e. The highest BCUT2D eigenvalue weighted by Gasteiger charge is 2.29. The lowest BCUT2D eigenvalue weighted by Crippen LogP contribution is -2.42. The number of carbonyl (C=O) groups is 2. The van der Waals surface area contributed by atoms with E-state index in [1.54, 1.807) is 20.3 Å². The van der Waals surface area contributed by atoms with Gasteiger partial charge in [-0.25, -0.2) is 4.98 Å². The number of nitrogens with zero attached hydrogens (tertiary/aromatic N) is 2. The van der Waals surface area contributed by atoms with Crippen molar-refractivity contribution in [1.82, 2.24) is 15.2 Å². The molecule has 4 rings (SSSR count). The van der Waals surface area contributed by atoms with Crippen LogP contribution in [0.1, 0.15) is 33.6 Å². The molecule has 0 spiro atoms. The first kappa shape index (κ1) is 23.4. The number of para-hydroxylation sites is 1. The fourth-order valence-electron chi connectivity index (χ4n) is 4.17. The molecular formula is C27H29N3O4. The van der Waals surface area contributed by atoms with Gasteiger partial charge in [-0.3, -0.25) is 9.59 Å². The first-order chi connectivity index (χ1) is 16.4. The van der Waals surface area contributed by atoms with Crippen molar-refractivity contribution >= 4 is 28.7 Å². The lowest BCUT2D eigenvalue weighted by atomic mass is 9.87. The molecule has 3 aromatic rings. The van der Waals surface area contributed by atoms with Crippen molar-refractivity contribution in [1.29, 1.82) is 0 Å². The van der Waals surface area contributed by atoms with E-state index < -0.39 is 6.04 Å². The molecule has 1 atom stereocenters. The Labute approximate surface area is 199 Å². The molecule has 1 unspecified atom stereocenters. The molecule has 1 N–H and O–H groups in total. The second-order valence-electron chi connectivity index (χ2n) is 8.59. The number of pyridine rings is 1. The number of methoxy groups -OCH3 is 2. The second-order valence-corrected chi connectivity index (χ2v) is 8.59. The normalized spacial score (nSPS) is 14.9. The predicted molar refractivity (Wildman–Crippen MR) is 133 cm³/mol. The third kappa shape index (κ3) is 4.94. The van der Waals surface area contributed by atoms with Gasteiger partial charge in [-0.1, -0.05) is 24.3 Å². The highest BCUT2D eigenvalue weighted by atomic mass is 16.5. The quantitative estimate of drug-likeness (QED) is 0.556. The zero-order chi connectivity index (χ0) is 24.2. The van der Waals surface area contributed by atoms with E-state index in [1.807, 2.05) is 67.5 Å². The van der Waals surface area contributed by atoms with Gasteiger partial charge in [0.1, 0.15) is 17.5 Å². The van der Waals surface area contributed by atoms with Crippen LogP contribution in [-0.4, -0.2) is 62.5 Å². The van der Waals surface area contributed by atoms with Crippen molar-refractivity contribution in [2.75, 3.05) is 34.9 Å². The molecule has 34 heavy (non-hydrogen) atoms. The molecule has 0 bridgehead atoms. The summed E-state index contributed by atoms with van der Waals surface area (Å²) in [5.74, 6) is 1.05. The number of ketones is 1. The number of carbonyl (C=O) groups excluding carboxylic acids is 2. The minimum Gasteiger partial charge on any atom is -0.497 e. The number of hydrogen-bond acceptors (Lipinski definition) is 6. The molecular weight excluding hydrogens is 430 g/mol. The number of ether oxygens (including phenoxy) is 2. The third-order valence-electron chi connectivity index (χ3n) is 5.90. The van der Waals surface area contributed by atoms with Crippen LogP contribution < -0.4 is 14.8 Å². The van der Waals surface area contributed by atoms with Crippen LogP contribution in [0.3, 0.4) is 0 Å². The smallest absolute Gasteiger partial charge is 0.222 e. The Kier molecular flexibility index (Phi) is 6.93. The minimum atomic E-state index is -0.719. The highest BCUT2D eigenvalue weighted by molar-refractivity contribution is 6.11. The number of benzene rings is 2. The summed E-state index contributed by atoms with van der Waals surface area (Å²) in [6.45, 7) is 0.613. The standard InChI is InChI=1S/C27H29N3O4/c1-30(2)12-11-25(31)29-24-10-9-23-26(27(24)32)21(20-7-5-6-8-22(20)28-23)15-17-13-18(33-3)16-19(14-17)34-4/h5-10,13-14,16,24H,11-12,15H2,1-4H3,(H,29,31). The summed E-state index contributed by atoms with van der Waals surface area (Å²) in [5, 5.41) is 3.78. The lowest BCUT2D eigenvalue weighted by Gasteiger charge is -2.23. The van der Waals surface area contributed by atoms with Gasteiger partial charge in [0.05, 0.1) is 25.4 Å². The average Bonchev–Trinajstić information content (AvgIpc) is 2.84. The van der Waals surface area contributed by atoms with Crippen molar-refractivity contribution in [3.05, 3.63) is 70.9 Å². The van der Waals surface area contributed by atoms with Gasteiger partial charge >= 0.3 is 0 Å². The minimum absolute atomic E-state index is 0.154. The molecule has 1 amide bonds. The van der Waals surface area contributed by atoms with E-state index >= 15 is 0 Å². The highest BCUT2D eigenvalue weighted by Crippen LogP contribution is 2.32. The van der Waals surface area contributed by atoms with E-state index in [-0.39, 0.29) is 11.7 Å². The molecule has 1 aromatic heterocycles. The van der Waals surface area contributed by atoms with Crippen molar-refractivity contribution in [3.8, 4) is 11.5 Å². The van der Waals surface area contributed by atoms with Crippen molar-refractivity contribution in [2.45, 2.75) is 18.9 Å². The largest absolute Gasteiger partial charge is 0.497 e. The zero-order valence-electron chi connectivity index (χ0n) is 19.9. The molecule has 0 radical (unpaired) electrons. The number of aromatic nitrogens is 1. The Bertz CT molecular complexity index is 1240. The maximum atomic E-state index is 13.6. The van der Waals surface area contributed by atoms with Gasteiger partial charge in [-0.15, -0.1) is 0 Å². The maximum absolute atomic E-state index is 13.6. The van der Waals surface area contributed by atoms with E-state index in [4.69, 9.17) is 14.5 Å². The Balaban J connectivity index is 1.75. The average molecular weight is 460 g/mol. The van der Waals surface area contributed by atoms with Gasteiger partial charge in [0.2, 0.25) is 5.91 Å². The van der Waals surface area contributed by atoms with E-state index in [1.165, 1.54) is 0 Å². The molecule has 1 aliphatic rings. The third-order valence-corrected chi connectivity index (χ3v) is 5.90. The summed E-state index contributed by atoms with van der Waals surface area (Å²) >= 11 is 0. The fourth-order valence-corrected chi connectivity index (χ4v) is 4.17. The summed E-state index contributed by atoms with van der Waals surface area (Å²) in [7, 11) is 7.04. The monoisotopic (exact) mass is 459 g/mol. The zero-order valence-corrected chi connectivity index (χ0v) is 19.9. The number of amides is 1. The van der Waals surface area contributed by atoms with Crippen LogP contribution in [0.2, 0.25) is 0 Å². The molecule has 0 saturated heterocycles. The summed E-state index contributed by atoms with van der Waals surface area (Å²) in [4.78, 5) is 32.7. The first-order valence-corrected chi connectivity index (χ1v) is 11.2. The van der Waals surface area contributed by atoms with Gasteiger partial charge in [-0.2, -0.15) is 0 Å². The van der Waals surface area contributed by atoms with Crippen LogP contribution >= 0.6 is 0 Å². The molecule has 7 nitrogen and oxygen atoms in total. The topological polar surface area (TPSA) is 80.8 Å². The van der Waals surface area contributed by atoms with E-state index in [0.29, 0.717) is 42.1 Å². The number of nitrogens with one attached hydrogen (secondary N) is 1. The van der Waals surface area contributed by atoms with Gasteiger partial charge in [0, 0.05) is 30.0 Å². The molecule has 7 heteroatoms. The number of rotatable bonds is 8. The Hall–Kier alpha value is -3.71. The van der Waals surface area contributed by atoms with Crippen LogP contribution in [0.4, 0.5) is 0 Å². The Morgan fingerprint density at radius 2 is 1.79 bits per heavy atom. The molecule has 1 aliphatic carbocycles. The molecule has 1 heterocycles. The van der Waals surface area contributed by atoms with Crippen LogP contribution in [0.15, 0.2) is 48.5 Å². The second kappa shape index (κ2) is 10.1. The summed E-state index contributed by atoms with van der Waals surface area (Å²) in [5.41, 5.74) is 3.80. The Morgan fingerprint density at radius 3 is 2.47 bits per heavy atom. The summed E-state index contributed by atoms with van der Waals surface area (Å²) in [6.07, 6.45) is 4.36. The van der Waals surface area contributed by atoms with Crippen LogP contribution in [0.5, 0.6) is 11.5 Å². The van der Waals surface area contributed by atoms with Crippen molar-refractivity contribution in [2.24, 2.45) is 0 Å². The SMILES string of the molecule is COc1cc(Cc2c3c(nc4ccccc24)C=CC(NC(=O)CCN(C)C)C3=O)cc(OC)c1. The van der Waals surface area contributed by atoms with E-state index in [2.05, 4.69) is 5.32 Å². The van der Waals surface area contributed by atoms with E-state index in [0.717, 1.165) is 22.0 Å². The van der Waals surface area contributed by atoms with Gasteiger partial charge < -0.3 is 19.7 Å². The first-order valence-electron chi connectivity index (χ1n) is 11.2. The number of Topliss-reactive ketones (excluding diaryl/α,β-unsaturated/α-hetero) is 1. The van der Waals surface area contributed by atoms with Crippen LogP contribution in [0, 0.1) is 0 Å². The van der Waals surface area contributed by atoms with Crippen molar-refractivity contribution < 1.29 is 19.1 Å². The lowest BCUT2D eigenvalue weighted by molar-refractivity contribution is -0.121. The molecule has 176 valence electrons. The Morgan fingerprint density at radius 1 is 1.09 bits per heavy atom. The van der Waals surface area contributed by atoms with Crippen LogP contribution in [0.25, 0.3) is 17.0 Å². The fraction of sp³-hybridized carbons (Fsp3) is 0.296. The summed E-state index contributed by atoms with van der Waals surface area (Å²) < 4.78 is 10.9. The van der Waals surface area contributed by atoms with Gasteiger partial charge in [-0.05, 0) is 55.9 Å². The van der Waals surface area contributed by atoms with Gasteiger partial charge in [0.25, 0.3) is 0 Å². The molecule has 0 fully saturated rings. The molecule has 0 aliphatic heterocycles.